The molecule has 0 radical (unpaired) electrons. The molecule has 0 heterocycles. The zero-order valence-corrected chi connectivity index (χ0v) is 11.8. The van der Waals surface area contributed by atoms with E-state index in [2.05, 4.69) is 4.72 Å². The lowest BCUT2D eigenvalue weighted by atomic mass is 10.2. The van der Waals surface area contributed by atoms with Gasteiger partial charge in [-0.2, -0.15) is 0 Å². The standard InChI is InChI=1S/C12H17NO6S/c1-19-10-5-4-9(12(15)16)8-11(10)20(17,18)13-6-2-3-7-14/h4-5,8,13-14H,2-3,6-7H2,1H3,(H,15,16). The van der Waals surface area contributed by atoms with E-state index in [-0.39, 0.29) is 29.4 Å². The molecular weight excluding hydrogens is 286 g/mol. The molecule has 8 heteroatoms. The minimum atomic E-state index is -3.86. The van der Waals surface area contributed by atoms with Crippen molar-refractivity contribution in [3.63, 3.8) is 0 Å². The molecule has 0 unspecified atom stereocenters. The van der Waals surface area contributed by atoms with Gasteiger partial charge in [-0.3, -0.25) is 0 Å². The molecule has 0 atom stereocenters. The number of carbonyl (C=O) groups is 1. The minimum absolute atomic E-state index is 0.0143. The third kappa shape index (κ3) is 4.19. The van der Waals surface area contributed by atoms with Gasteiger partial charge >= 0.3 is 5.97 Å². The average molecular weight is 303 g/mol. The van der Waals surface area contributed by atoms with Gasteiger partial charge in [0, 0.05) is 13.2 Å². The first kappa shape index (κ1) is 16.4. The fourth-order valence-corrected chi connectivity index (χ4v) is 2.81. The van der Waals surface area contributed by atoms with Gasteiger partial charge < -0.3 is 14.9 Å². The van der Waals surface area contributed by atoms with Gasteiger partial charge in [0.05, 0.1) is 12.7 Å². The number of methoxy groups -OCH3 is 1. The van der Waals surface area contributed by atoms with E-state index >= 15 is 0 Å². The molecule has 7 nitrogen and oxygen atoms in total. The van der Waals surface area contributed by atoms with Crippen LogP contribution in [0.4, 0.5) is 0 Å². The summed E-state index contributed by atoms with van der Waals surface area (Å²) in [6.45, 7) is 0.142. The van der Waals surface area contributed by atoms with E-state index in [1.165, 1.54) is 19.2 Å². The van der Waals surface area contributed by atoms with Crippen LogP contribution in [0.2, 0.25) is 0 Å². The van der Waals surface area contributed by atoms with Crippen LogP contribution < -0.4 is 9.46 Å². The fraction of sp³-hybridized carbons (Fsp3) is 0.417. The maximum absolute atomic E-state index is 12.1. The van der Waals surface area contributed by atoms with E-state index in [9.17, 15) is 13.2 Å². The molecular formula is C12H17NO6S. The largest absolute Gasteiger partial charge is 0.495 e. The predicted octanol–water partition coefficient (Wildman–Crippen LogP) is 0.444. The fourth-order valence-electron chi connectivity index (χ4n) is 1.54. The second kappa shape index (κ2) is 7.22. The summed E-state index contributed by atoms with van der Waals surface area (Å²) in [5.41, 5.74) is -0.137. The Morgan fingerprint density at radius 3 is 2.60 bits per heavy atom. The van der Waals surface area contributed by atoms with Crippen LogP contribution in [0.3, 0.4) is 0 Å². The summed E-state index contributed by atoms with van der Waals surface area (Å²) in [5, 5.41) is 17.5. The van der Waals surface area contributed by atoms with Gasteiger partial charge in [-0.15, -0.1) is 0 Å². The Labute approximate surface area is 117 Å². The summed E-state index contributed by atoms with van der Waals surface area (Å²) in [4.78, 5) is 10.7. The maximum atomic E-state index is 12.1. The second-order valence-electron chi connectivity index (χ2n) is 4.00. The Hall–Kier alpha value is -1.64. The topological polar surface area (TPSA) is 113 Å². The average Bonchev–Trinajstić information content (AvgIpc) is 2.42. The minimum Gasteiger partial charge on any atom is -0.495 e. The molecule has 1 aromatic rings. The third-order valence-electron chi connectivity index (χ3n) is 2.58. The number of sulfonamides is 1. The van der Waals surface area contributed by atoms with Crippen molar-refractivity contribution < 1.29 is 28.2 Å². The molecule has 1 rings (SSSR count). The van der Waals surface area contributed by atoms with Gasteiger partial charge in [0.1, 0.15) is 10.6 Å². The first-order valence-electron chi connectivity index (χ1n) is 5.94. The summed E-state index contributed by atoms with van der Waals surface area (Å²) in [5.74, 6) is -1.14. The van der Waals surface area contributed by atoms with Crippen molar-refractivity contribution in [2.24, 2.45) is 0 Å². The second-order valence-corrected chi connectivity index (χ2v) is 5.73. The van der Waals surface area contributed by atoms with Crippen LogP contribution in [0.5, 0.6) is 5.75 Å². The van der Waals surface area contributed by atoms with Gasteiger partial charge in [-0.1, -0.05) is 0 Å². The lowest BCUT2D eigenvalue weighted by molar-refractivity contribution is 0.0696. The van der Waals surface area contributed by atoms with Crippen LogP contribution in [0.15, 0.2) is 23.1 Å². The molecule has 112 valence electrons. The number of aromatic carboxylic acids is 1. The van der Waals surface area contributed by atoms with Crippen molar-refractivity contribution in [1.29, 1.82) is 0 Å². The summed E-state index contributed by atoms with van der Waals surface area (Å²) >= 11 is 0. The number of hydrogen-bond acceptors (Lipinski definition) is 5. The molecule has 0 aliphatic carbocycles. The van der Waals surface area contributed by atoms with Crippen LogP contribution in [0.25, 0.3) is 0 Å². The molecule has 0 aromatic heterocycles. The third-order valence-corrected chi connectivity index (χ3v) is 4.06. The molecule has 0 aliphatic rings. The SMILES string of the molecule is COc1ccc(C(=O)O)cc1S(=O)(=O)NCCCCO. The van der Waals surface area contributed by atoms with Gasteiger partial charge in [0.15, 0.2) is 0 Å². The Morgan fingerprint density at radius 1 is 1.35 bits per heavy atom. The van der Waals surface area contributed by atoms with Crippen LogP contribution in [0, 0.1) is 0 Å². The Bertz CT molecular complexity index is 569. The summed E-state index contributed by atoms with van der Waals surface area (Å²) in [7, 11) is -2.55. The van der Waals surface area contributed by atoms with E-state index in [0.717, 1.165) is 6.07 Å². The smallest absolute Gasteiger partial charge is 0.335 e. The van der Waals surface area contributed by atoms with E-state index in [1.807, 2.05) is 0 Å². The molecule has 0 spiro atoms. The number of nitrogens with one attached hydrogen (secondary N) is 1. The predicted molar refractivity (Wildman–Crippen MR) is 71.5 cm³/mol. The molecule has 0 fully saturated rings. The zero-order chi connectivity index (χ0) is 15.2. The zero-order valence-electron chi connectivity index (χ0n) is 11.0. The highest BCUT2D eigenvalue weighted by Crippen LogP contribution is 2.24. The van der Waals surface area contributed by atoms with Crippen LogP contribution >= 0.6 is 0 Å². The highest BCUT2D eigenvalue weighted by molar-refractivity contribution is 7.89. The normalized spacial score (nSPS) is 11.3. The van der Waals surface area contributed by atoms with E-state index < -0.39 is 16.0 Å². The number of aliphatic hydroxyl groups is 1. The lowest BCUT2D eigenvalue weighted by Gasteiger charge is -2.11. The maximum Gasteiger partial charge on any atom is 0.335 e. The number of carboxylic acid groups (broad SMARTS) is 1. The summed E-state index contributed by atoms with van der Waals surface area (Å²) in [6.07, 6.45) is 0.964. The molecule has 3 N–H and O–H groups in total. The van der Waals surface area contributed by atoms with E-state index in [4.69, 9.17) is 14.9 Å². The van der Waals surface area contributed by atoms with Gasteiger partial charge in [-0.25, -0.2) is 17.9 Å². The van der Waals surface area contributed by atoms with Crippen LogP contribution in [-0.4, -0.2) is 44.9 Å². The first-order chi connectivity index (χ1) is 9.42. The first-order valence-corrected chi connectivity index (χ1v) is 7.42. The molecule has 0 bridgehead atoms. The van der Waals surface area contributed by atoms with Crippen LogP contribution in [-0.2, 0) is 10.0 Å². The quantitative estimate of drug-likeness (QED) is 0.601. The number of ether oxygens (including phenoxy) is 1. The van der Waals surface area contributed by atoms with Gasteiger partial charge in [0.2, 0.25) is 10.0 Å². The van der Waals surface area contributed by atoms with Crippen molar-refractivity contribution in [1.82, 2.24) is 4.72 Å². The number of hydrogen-bond donors (Lipinski definition) is 3. The van der Waals surface area contributed by atoms with E-state index in [1.54, 1.807) is 0 Å². The highest BCUT2D eigenvalue weighted by Gasteiger charge is 2.21. The number of aliphatic hydroxyl groups excluding tert-OH is 1. The molecule has 0 amide bonds. The van der Waals surface area contributed by atoms with Crippen molar-refractivity contribution in [2.45, 2.75) is 17.7 Å². The number of unbranched alkanes of at least 4 members (excludes halogenated alkanes) is 1. The number of carboxylic acids is 1. The highest BCUT2D eigenvalue weighted by atomic mass is 32.2. The molecule has 1 aromatic carbocycles. The summed E-state index contributed by atoms with van der Waals surface area (Å²) in [6, 6.07) is 3.62. The Kier molecular flexibility index (Phi) is 5.93. The molecule has 20 heavy (non-hydrogen) atoms. The van der Waals surface area contributed by atoms with Gasteiger partial charge in [0.25, 0.3) is 0 Å². The van der Waals surface area contributed by atoms with Crippen LogP contribution in [0.1, 0.15) is 23.2 Å². The Balaban J connectivity index is 3.02. The monoisotopic (exact) mass is 303 g/mol. The number of rotatable bonds is 8. The summed E-state index contributed by atoms with van der Waals surface area (Å²) < 4.78 is 31.5. The Morgan fingerprint density at radius 2 is 2.05 bits per heavy atom. The van der Waals surface area contributed by atoms with Gasteiger partial charge in [-0.05, 0) is 31.0 Å². The lowest BCUT2D eigenvalue weighted by Crippen LogP contribution is -2.25. The van der Waals surface area contributed by atoms with E-state index in [0.29, 0.717) is 12.8 Å². The molecule has 0 aliphatic heterocycles. The molecule has 0 saturated carbocycles. The van der Waals surface area contributed by atoms with Crippen molar-refractivity contribution >= 4 is 16.0 Å². The number of benzene rings is 1. The van der Waals surface area contributed by atoms with Crippen molar-refractivity contribution in [2.75, 3.05) is 20.3 Å². The molecule has 0 saturated heterocycles. The van der Waals surface area contributed by atoms with Crippen molar-refractivity contribution in [3.05, 3.63) is 23.8 Å². The van der Waals surface area contributed by atoms with Crippen molar-refractivity contribution in [3.8, 4) is 5.75 Å².